The molecule has 1 aliphatic heterocycles. The van der Waals surface area contributed by atoms with Gasteiger partial charge in [0.1, 0.15) is 0 Å². The summed E-state index contributed by atoms with van der Waals surface area (Å²) in [5, 5.41) is 8.58. The standard InChI is InChI=1S/C6H9BCl2N2/c8-7(9)11-3-1-6(5-10)2-4-11/h6H,1-4H2. The number of hydrogen-bond acceptors (Lipinski definition) is 2. The molecular formula is C6H9BCl2N2. The molecule has 2 nitrogen and oxygen atoms in total. The lowest BCUT2D eigenvalue weighted by Crippen LogP contribution is -2.38. The van der Waals surface area contributed by atoms with E-state index in [1.807, 2.05) is 4.81 Å². The predicted octanol–water partition coefficient (Wildman–Crippen LogP) is 1.68. The molecule has 0 radical (unpaired) electrons. The number of rotatable bonds is 1. The molecule has 60 valence electrons. The van der Waals surface area contributed by atoms with E-state index < -0.39 is 5.68 Å². The number of hydrogen-bond donors (Lipinski definition) is 0. The van der Waals surface area contributed by atoms with Crippen LogP contribution in [0, 0.1) is 17.2 Å². The van der Waals surface area contributed by atoms with Gasteiger partial charge in [-0.1, -0.05) is 0 Å². The lowest BCUT2D eigenvalue weighted by molar-refractivity contribution is 0.319. The molecule has 0 unspecified atom stereocenters. The third kappa shape index (κ3) is 2.55. The van der Waals surface area contributed by atoms with Crippen LogP contribution in [0.5, 0.6) is 0 Å². The third-order valence-corrected chi connectivity index (χ3v) is 2.54. The van der Waals surface area contributed by atoms with E-state index in [1.165, 1.54) is 0 Å². The minimum Gasteiger partial charge on any atom is -0.315 e. The van der Waals surface area contributed by atoms with Crippen LogP contribution in [0.15, 0.2) is 0 Å². The zero-order valence-corrected chi connectivity index (χ0v) is 7.65. The van der Waals surface area contributed by atoms with Gasteiger partial charge >= 0.3 is 5.68 Å². The molecule has 1 rings (SSSR count). The van der Waals surface area contributed by atoms with Crippen LogP contribution in [0.2, 0.25) is 0 Å². The normalized spacial score (nSPS) is 21.2. The molecular weight excluding hydrogens is 182 g/mol. The van der Waals surface area contributed by atoms with Gasteiger partial charge in [-0.15, -0.1) is 22.9 Å². The molecule has 0 amide bonds. The van der Waals surface area contributed by atoms with E-state index >= 15 is 0 Å². The molecule has 0 atom stereocenters. The van der Waals surface area contributed by atoms with Gasteiger partial charge in [-0.2, -0.15) is 5.26 Å². The van der Waals surface area contributed by atoms with Crippen LogP contribution in [0.4, 0.5) is 0 Å². The lowest BCUT2D eigenvalue weighted by atomic mass is 9.96. The van der Waals surface area contributed by atoms with Gasteiger partial charge in [-0.05, 0) is 25.9 Å². The van der Waals surface area contributed by atoms with Gasteiger partial charge in [0.2, 0.25) is 0 Å². The first-order valence-corrected chi connectivity index (χ1v) is 4.53. The third-order valence-electron chi connectivity index (χ3n) is 1.99. The Hall–Kier alpha value is 0.0949. The summed E-state index contributed by atoms with van der Waals surface area (Å²) in [5.74, 6) is 0.207. The lowest BCUT2D eigenvalue weighted by Gasteiger charge is -2.28. The van der Waals surface area contributed by atoms with Crippen molar-refractivity contribution in [2.24, 2.45) is 5.92 Å². The Morgan fingerprint density at radius 2 is 1.91 bits per heavy atom. The van der Waals surface area contributed by atoms with Crippen molar-refractivity contribution < 1.29 is 0 Å². The molecule has 1 heterocycles. The Kier molecular flexibility index (Phi) is 3.51. The zero-order valence-electron chi connectivity index (χ0n) is 6.13. The summed E-state index contributed by atoms with van der Waals surface area (Å²) in [6.45, 7) is 1.69. The smallest absolute Gasteiger partial charge is 0.315 e. The molecule has 0 saturated carbocycles. The highest BCUT2D eigenvalue weighted by Gasteiger charge is 2.24. The maximum Gasteiger partial charge on any atom is 0.434 e. The molecule has 0 aromatic heterocycles. The van der Waals surface area contributed by atoms with Crippen molar-refractivity contribution in [3.63, 3.8) is 0 Å². The van der Waals surface area contributed by atoms with Gasteiger partial charge in [0, 0.05) is 5.92 Å². The van der Waals surface area contributed by atoms with Crippen LogP contribution in [0.1, 0.15) is 12.8 Å². The molecule has 1 saturated heterocycles. The summed E-state index contributed by atoms with van der Waals surface area (Å²) in [6.07, 6.45) is 1.79. The maximum absolute atomic E-state index is 8.58. The Labute approximate surface area is 77.0 Å². The van der Waals surface area contributed by atoms with E-state index in [4.69, 9.17) is 28.2 Å². The van der Waals surface area contributed by atoms with E-state index in [-0.39, 0.29) is 5.92 Å². The highest BCUT2D eigenvalue weighted by molar-refractivity contribution is 7.32. The molecule has 0 bridgehead atoms. The molecule has 0 aromatic rings. The number of piperidine rings is 1. The van der Waals surface area contributed by atoms with Crippen molar-refractivity contribution in [1.29, 1.82) is 5.26 Å². The fourth-order valence-electron chi connectivity index (χ4n) is 1.22. The molecule has 5 heteroatoms. The average molecular weight is 191 g/mol. The minimum absolute atomic E-state index is 0.207. The fraction of sp³-hybridized carbons (Fsp3) is 0.833. The molecule has 0 aromatic carbocycles. The van der Waals surface area contributed by atoms with Gasteiger partial charge in [0.15, 0.2) is 0 Å². The van der Waals surface area contributed by atoms with Crippen molar-refractivity contribution >= 4 is 28.6 Å². The second-order valence-electron chi connectivity index (χ2n) is 2.72. The first-order chi connectivity index (χ1) is 5.24. The number of nitrogens with zero attached hydrogens (tertiary/aromatic N) is 2. The van der Waals surface area contributed by atoms with E-state index in [1.54, 1.807) is 0 Å². The Bertz CT molecular complexity index is 160. The van der Waals surface area contributed by atoms with Crippen LogP contribution >= 0.6 is 22.9 Å². The van der Waals surface area contributed by atoms with Crippen molar-refractivity contribution in [1.82, 2.24) is 4.81 Å². The molecule has 0 spiro atoms. The first-order valence-electron chi connectivity index (χ1n) is 3.66. The summed E-state index contributed by atoms with van der Waals surface area (Å²) in [5.41, 5.74) is -0.408. The summed E-state index contributed by atoms with van der Waals surface area (Å²) in [4.78, 5) is 1.97. The summed E-state index contributed by atoms with van der Waals surface area (Å²) < 4.78 is 0. The van der Waals surface area contributed by atoms with Gasteiger partial charge in [0.25, 0.3) is 0 Å². The topological polar surface area (TPSA) is 27.0 Å². The number of nitriles is 1. The Morgan fingerprint density at radius 1 is 1.36 bits per heavy atom. The predicted molar refractivity (Wildman–Crippen MR) is 47.4 cm³/mol. The molecule has 0 N–H and O–H groups in total. The van der Waals surface area contributed by atoms with Gasteiger partial charge < -0.3 is 4.81 Å². The van der Waals surface area contributed by atoms with Gasteiger partial charge in [-0.25, -0.2) is 0 Å². The molecule has 11 heavy (non-hydrogen) atoms. The Balaban J connectivity index is 2.31. The van der Waals surface area contributed by atoms with Crippen molar-refractivity contribution in [2.75, 3.05) is 13.1 Å². The fourth-order valence-corrected chi connectivity index (χ4v) is 1.61. The van der Waals surface area contributed by atoms with Crippen LogP contribution in [0.3, 0.4) is 0 Å². The minimum atomic E-state index is -0.408. The summed E-state index contributed by atoms with van der Waals surface area (Å²) in [6, 6.07) is 2.25. The van der Waals surface area contributed by atoms with Crippen LogP contribution < -0.4 is 0 Å². The van der Waals surface area contributed by atoms with Gasteiger partial charge in [-0.3, -0.25) is 0 Å². The average Bonchev–Trinajstić information content (AvgIpc) is 2.05. The van der Waals surface area contributed by atoms with E-state index in [2.05, 4.69) is 6.07 Å². The van der Waals surface area contributed by atoms with E-state index in [0.717, 1.165) is 25.9 Å². The van der Waals surface area contributed by atoms with Crippen LogP contribution in [-0.2, 0) is 0 Å². The van der Waals surface area contributed by atoms with Crippen molar-refractivity contribution in [3.05, 3.63) is 0 Å². The quantitative estimate of drug-likeness (QED) is 0.589. The number of halogens is 2. The van der Waals surface area contributed by atoms with Crippen LogP contribution in [-0.4, -0.2) is 23.6 Å². The second kappa shape index (κ2) is 4.20. The van der Waals surface area contributed by atoms with Crippen molar-refractivity contribution in [3.8, 4) is 6.07 Å². The second-order valence-corrected chi connectivity index (χ2v) is 3.77. The molecule has 1 fully saturated rings. The molecule has 1 aliphatic rings. The summed E-state index contributed by atoms with van der Waals surface area (Å²) in [7, 11) is 0. The van der Waals surface area contributed by atoms with Crippen LogP contribution in [0.25, 0.3) is 0 Å². The van der Waals surface area contributed by atoms with Gasteiger partial charge in [0.05, 0.1) is 6.07 Å². The highest BCUT2D eigenvalue weighted by atomic mass is 35.5. The first kappa shape index (κ1) is 9.19. The highest BCUT2D eigenvalue weighted by Crippen LogP contribution is 2.18. The monoisotopic (exact) mass is 190 g/mol. The zero-order chi connectivity index (χ0) is 8.27. The van der Waals surface area contributed by atoms with E-state index in [9.17, 15) is 0 Å². The summed E-state index contributed by atoms with van der Waals surface area (Å²) >= 11 is 11.3. The van der Waals surface area contributed by atoms with E-state index in [0.29, 0.717) is 0 Å². The largest absolute Gasteiger partial charge is 0.434 e. The van der Waals surface area contributed by atoms with Crippen molar-refractivity contribution in [2.45, 2.75) is 12.8 Å². The Morgan fingerprint density at radius 3 is 2.27 bits per heavy atom. The SMILES string of the molecule is N#CC1CCN(B(Cl)Cl)CC1. The maximum atomic E-state index is 8.58. The molecule has 0 aliphatic carbocycles.